The van der Waals surface area contributed by atoms with Gasteiger partial charge >= 0.3 is 0 Å². The van der Waals surface area contributed by atoms with E-state index in [9.17, 15) is 0 Å². The minimum atomic E-state index is 0.329. The lowest BCUT2D eigenvalue weighted by Crippen LogP contribution is -2.16. The molecule has 0 spiro atoms. The smallest absolute Gasteiger partial charge is 0.138 e. The molecule has 0 aromatic carbocycles. The van der Waals surface area contributed by atoms with E-state index in [2.05, 4.69) is 35.2 Å². The van der Waals surface area contributed by atoms with E-state index in [4.69, 9.17) is 11.6 Å². The first-order chi connectivity index (χ1) is 7.70. The molecule has 16 heavy (non-hydrogen) atoms. The molecular formula is C11H14ClN3S. The summed E-state index contributed by atoms with van der Waals surface area (Å²) in [7, 11) is 0. The maximum absolute atomic E-state index is 5.71. The number of thiophene rings is 1. The van der Waals surface area contributed by atoms with Crippen LogP contribution in [0.2, 0.25) is 0 Å². The average molecular weight is 256 g/mol. The Morgan fingerprint density at radius 3 is 3.06 bits per heavy atom. The largest absolute Gasteiger partial charge is 0.367 e. The molecule has 86 valence electrons. The van der Waals surface area contributed by atoms with Gasteiger partial charge in [-0.1, -0.05) is 0 Å². The van der Waals surface area contributed by atoms with Crippen molar-refractivity contribution in [3.8, 4) is 0 Å². The van der Waals surface area contributed by atoms with Crippen LogP contribution < -0.4 is 5.32 Å². The van der Waals surface area contributed by atoms with Gasteiger partial charge in [-0.05, 0) is 26.3 Å². The molecule has 0 bridgehead atoms. The SMILES string of the molecule is Cc1cc2c(NC(C)CCCl)ncnc2s1. The zero-order valence-corrected chi connectivity index (χ0v) is 10.9. The van der Waals surface area contributed by atoms with E-state index < -0.39 is 0 Å². The van der Waals surface area contributed by atoms with Gasteiger partial charge < -0.3 is 5.32 Å². The van der Waals surface area contributed by atoms with Crippen molar-refractivity contribution in [3.05, 3.63) is 17.3 Å². The molecule has 0 aliphatic carbocycles. The fourth-order valence-corrected chi connectivity index (χ4v) is 2.73. The van der Waals surface area contributed by atoms with Crippen molar-refractivity contribution in [2.45, 2.75) is 26.3 Å². The van der Waals surface area contributed by atoms with E-state index in [1.54, 1.807) is 17.7 Å². The summed E-state index contributed by atoms with van der Waals surface area (Å²) in [6, 6.07) is 2.45. The summed E-state index contributed by atoms with van der Waals surface area (Å²) < 4.78 is 0. The first kappa shape index (κ1) is 11.6. The predicted molar refractivity (Wildman–Crippen MR) is 70.6 cm³/mol. The minimum Gasteiger partial charge on any atom is -0.367 e. The molecule has 0 saturated carbocycles. The molecule has 1 unspecified atom stereocenters. The average Bonchev–Trinajstić information content (AvgIpc) is 2.60. The summed E-state index contributed by atoms with van der Waals surface area (Å²) in [6.45, 7) is 4.19. The lowest BCUT2D eigenvalue weighted by Gasteiger charge is -2.13. The number of nitrogens with one attached hydrogen (secondary N) is 1. The number of hydrogen-bond donors (Lipinski definition) is 1. The fraction of sp³-hybridized carbons (Fsp3) is 0.455. The van der Waals surface area contributed by atoms with Crippen molar-refractivity contribution >= 4 is 39.0 Å². The number of rotatable bonds is 4. The zero-order chi connectivity index (χ0) is 11.5. The number of fused-ring (bicyclic) bond motifs is 1. The van der Waals surface area contributed by atoms with Gasteiger partial charge in [0, 0.05) is 16.8 Å². The topological polar surface area (TPSA) is 37.8 Å². The Balaban J connectivity index is 2.29. The van der Waals surface area contributed by atoms with Crippen LogP contribution in [0.1, 0.15) is 18.2 Å². The third-order valence-corrected chi connectivity index (χ3v) is 3.55. The Labute approximate surface area is 104 Å². The number of aryl methyl sites for hydroxylation is 1. The highest BCUT2D eigenvalue weighted by Gasteiger charge is 2.08. The first-order valence-corrected chi connectivity index (χ1v) is 6.59. The monoisotopic (exact) mass is 255 g/mol. The Kier molecular flexibility index (Phi) is 3.61. The molecule has 2 heterocycles. The fourth-order valence-electron chi connectivity index (χ4n) is 1.56. The Hall–Kier alpha value is -0.870. The van der Waals surface area contributed by atoms with Crippen LogP contribution >= 0.6 is 22.9 Å². The van der Waals surface area contributed by atoms with E-state index in [0.717, 1.165) is 22.5 Å². The number of alkyl halides is 1. The van der Waals surface area contributed by atoms with Crippen molar-refractivity contribution in [3.63, 3.8) is 0 Å². The number of nitrogens with zero attached hydrogens (tertiary/aromatic N) is 2. The van der Waals surface area contributed by atoms with E-state index in [1.807, 2.05) is 0 Å². The van der Waals surface area contributed by atoms with Gasteiger partial charge in [0.15, 0.2) is 0 Å². The highest BCUT2D eigenvalue weighted by atomic mass is 35.5. The normalized spacial score (nSPS) is 12.9. The van der Waals surface area contributed by atoms with Crippen molar-refractivity contribution in [2.24, 2.45) is 0 Å². The summed E-state index contributed by atoms with van der Waals surface area (Å²) >= 11 is 7.40. The number of anilines is 1. The molecule has 0 radical (unpaired) electrons. The molecule has 0 saturated heterocycles. The summed E-state index contributed by atoms with van der Waals surface area (Å²) in [5.74, 6) is 1.57. The molecule has 3 nitrogen and oxygen atoms in total. The van der Waals surface area contributed by atoms with Crippen LogP contribution in [-0.4, -0.2) is 21.9 Å². The molecule has 0 aliphatic rings. The summed E-state index contributed by atoms with van der Waals surface area (Å²) in [4.78, 5) is 10.8. The van der Waals surface area contributed by atoms with Gasteiger partial charge in [-0.3, -0.25) is 0 Å². The molecule has 1 atom stereocenters. The maximum atomic E-state index is 5.71. The Bertz CT molecular complexity index is 483. The Morgan fingerprint density at radius 1 is 1.50 bits per heavy atom. The highest BCUT2D eigenvalue weighted by molar-refractivity contribution is 7.18. The molecule has 2 aromatic heterocycles. The molecule has 0 fully saturated rings. The van der Waals surface area contributed by atoms with E-state index in [-0.39, 0.29) is 0 Å². The third-order valence-electron chi connectivity index (χ3n) is 2.38. The summed E-state index contributed by atoms with van der Waals surface area (Å²) in [5, 5.41) is 4.47. The van der Waals surface area contributed by atoms with Gasteiger partial charge in [-0.25, -0.2) is 9.97 Å². The van der Waals surface area contributed by atoms with Crippen LogP contribution in [0.3, 0.4) is 0 Å². The van der Waals surface area contributed by atoms with Gasteiger partial charge in [0.25, 0.3) is 0 Å². The second kappa shape index (κ2) is 4.97. The van der Waals surface area contributed by atoms with Crippen molar-refractivity contribution < 1.29 is 0 Å². The quantitative estimate of drug-likeness (QED) is 0.851. The van der Waals surface area contributed by atoms with Crippen LogP contribution in [0.4, 0.5) is 5.82 Å². The van der Waals surface area contributed by atoms with Crippen LogP contribution in [0, 0.1) is 6.92 Å². The third kappa shape index (κ3) is 2.44. The minimum absolute atomic E-state index is 0.329. The van der Waals surface area contributed by atoms with Crippen LogP contribution in [0.5, 0.6) is 0 Å². The van der Waals surface area contributed by atoms with E-state index in [1.165, 1.54) is 4.88 Å². The predicted octanol–water partition coefficient (Wildman–Crippen LogP) is 3.43. The molecular weight excluding hydrogens is 242 g/mol. The second-order valence-corrected chi connectivity index (χ2v) is 5.43. The molecule has 2 aromatic rings. The second-order valence-electron chi connectivity index (χ2n) is 3.82. The van der Waals surface area contributed by atoms with Crippen molar-refractivity contribution in [1.29, 1.82) is 0 Å². The van der Waals surface area contributed by atoms with Gasteiger partial charge in [-0.2, -0.15) is 0 Å². The van der Waals surface area contributed by atoms with Crippen LogP contribution in [-0.2, 0) is 0 Å². The first-order valence-electron chi connectivity index (χ1n) is 5.24. The Morgan fingerprint density at radius 2 is 2.31 bits per heavy atom. The van der Waals surface area contributed by atoms with E-state index in [0.29, 0.717) is 11.9 Å². The zero-order valence-electron chi connectivity index (χ0n) is 9.33. The summed E-state index contributed by atoms with van der Waals surface area (Å²) in [5.41, 5.74) is 0. The van der Waals surface area contributed by atoms with Gasteiger partial charge in [-0.15, -0.1) is 22.9 Å². The standard InChI is InChI=1S/C11H14ClN3S/c1-7(3-4-12)15-10-9-5-8(2)16-11(9)14-6-13-10/h5-7H,3-4H2,1-2H3,(H,13,14,15). The van der Waals surface area contributed by atoms with E-state index >= 15 is 0 Å². The number of halogens is 1. The van der Waals surface area contributed by atoms with Crippen LogP contribution in [0.15, 0.2) is 12.4 Å². The number of hydrogen-bond acceptors (Lipinski definition) is 4. The summed E-state index contributed by atoms with van der Waals surface area (Å²) in [6.07, 6.45) is 2.53. The molecule has 2 rings (SSSR count). The van der Waals surface area contributed by atoms with Gasteiger partial charge in [0.05, 0.1) is 5.39 Å². The lowest BCUT2D eigenvalue weighted by atomic mass is 10.2. The highest BCUT2D eigenvalue weighted by Crippen LogP contribution is 2.27. The molecule has 5 heteroatoms. The van der Waals surface area contributed by atoms with Gasteiger partial charge in [0.1, 0.15) is 17.0 Å². The lowest BCUT2D eigenvalue weighted by molar-refractivity contribution is 0.765. The number of aromatic nitrogens is 2. The molecule has 1 N–H and O–H groups in total. The maximum Gasteiger partial charge on any atom is 0.138 e. The molecule has 0 amide bonds. The van der Waals surface area contributed by atoms with Crippen molar-refractivity contribution in [1.82, 2.24) is 9.97 Å². The van der Waals surface area contributed by atoms with Crippen LogP contribution in [0.25, 0.3) is 10.2 Å². The molecule has 0 aliphatic heterocycles. The van der Waals surface area contributed by atoms with Crippen molar-refractivity contribution in [2.75, 3.05) is 11.2 Å². The van der Waals surface area contributed by atoms with Gasteiger partial charge in [0.2, 0.25) is 0 Å².